The Balaban J connectivity index is 2.24. The van der Waals surface area contributed by atoms with E-state index in [0.29, 0.717) is 11.7 Å². The predicted molar refractivity (Wildman–Crippen MR) is 111 cm³/mol. The van der Waals surface area contributed by atoms with Crippen LogP contribution < -0.4 is 15.0 Å². The molecule has 0 saturated heterocycles. The number of phenols is 1. The van der Waals surface area contributed by atoms with E-state index in [0.717, 1.165) is 35.7 Å². The van der Waals surface area contributed by atoms with Gasteiger partial charge in [-0.1, -0.05) is 30.3 Å². The number of benzene rings is 2. The van der Waals surface area contributed by atoms with Gasteiger partial charge in [-0.3, -0.25) is 0 Å². The number of ether oxygens (including phenoxy) is 1. The molecule has 0 saturated carbocycles. The molecule has 6 heteroatoms. The van der Waals surface area contributed by atoms with Gasteiger partial charge < -0.3 is 20.1 Å². The number of methoxy groups -OCH3 is 1. The molecule has 2 N–H and O–H groups in total. The quantitative estimate of drug-likeness (QED) is 0.536. The summed E-state index contributed by atoms with van der Waals surface area (Å²) in [6.07, 6.45) is 3.13. The van der Waals surface area contributed by atoms with Gasteiger partial charge in [0, 0.05) is 12.1 Å². The molecular formula is C19H24N2O2S2. The molecular weight excluding hydrogens is 352 g/mol. The first-order chi connectivity index (χ1) is 12.2. The van der Waals surface area contributed by atoms with E-state index in [-0.39, 0.29) is 5.75 Å². The molecule has 25 heavy (non-hydrogen) atoms. The van der Waals surface area contributed by atoms with Crippen molar-refractivity contribution in [2.45, 2.75) is 13.0 Å². The number of nitrogens with one attached hydrogen (secondary N) is 1. The Labute approximate surface area is 159 Å². The Morgan fingerprint density at radius 1 is 1.20 bits per heavy atom. The molecule has 0 aliphatic carbocycles. The van der Waals surface area contributed by atoms with Gasteiger partial charge >= 0.3 is 0 Å². The SMILES string of the molecule is COc1ccccc1N(Cc1ccccc1O)C(=S)NCCCSC. The van der Waals surface area contributed by atoms with Crippen molar-refractivity contribution in [2.24, 2.45) is 0 Å². The fraction of sp³-hybridized carbons (Fsp3) is 0.316. The molecule has 0 radical (unpaired) electrons. The fourth-order valence-electron chi connectivity index (χ4n) is 2.44. The molecule has 0 heterocycles. The van der Waals surface area contributed by atoms with Crippen LogP contribution in [0.15, 0.2) is 48.5 Å². The molecule has 4 nitrogen and oxygen atoms in total. The topological polar surface area (TPSA) is 44.7 Å². The number of hydrogen-bond donors (Lipinski definition) is 2. The van der Waals surface area contributed by atoms with Crippen LogP contribution in [0.1, 0.15) is 12.0 Å². The zero-order valence-corrected chi connectivity index (χ0v) is 16.2. The number of aromatic hydroxyl groups is 1. The Kier molecular flexibility index (Phi) is 7.88. The highest BCUT2D eigenvalue weighted by atomic mass is 32.2. The molecule has 0 aromatic heterocycles. The van der Waals surface area contributed by atoms with E-state index < -0.39 is 0 Å². The minimum absolute atomic E-state index is 0.257. The Morgan fingerprint density at radius 2 is 1.92 bits per heavy atom. The third-order valence-electron chi connectivity index (χ3n) is 3.74. The summed E-state index contributed by atoms with van der Waals surface area (Å²) >= 11 is 7.45. The van der Waals surface area contributed by atoms with Crippen LogP contribution in [0.3, 0.4) is 0 Å². The van der Waals surface area contributed by atoms with E-state index in [1.807, 2.05) is 59.1 Å². The Morgan fingerprint density at radius 3 is 2.64 bits per heavy atom. The van der Waals surface area contributed by atoms with Crippen LogP contribution in [0.2, 0.25) is 0 Å². The predicted octanol–water partition coefficient (Wildman–Crippen LogP) is 4.04. The molecule has 2 aromatic rings. The highest BCUT2D eigenvalue weighted by Crippen LogP contribution is 2.30. The molecule has 0 aliphatic heterocycles. The van der Waals surface area contributed by atoms with Crippen LogP contribution in [0.4, 0.5) is 5.69 Å². The van der Waals surface area contributed by atoms with Crippen LogP contribution >= 0.6 is 24.0 Å². The Hall–Kier alpha value is -1.92. The van der Waals surface area contributed by atoms with E-state index in [9.17, 15) is 5.11 Å². The summed E-state index contributed by atoms with van der Waals surface area (Å²) in [4.78, 5) is 1.96. The molecule has 0 bridgehead atoms. The molecule has 0 atom stereocenters. The zero-order chi connectivity index (χ0) is 18.1. The van der Waals surface area contributed by atoms with Gasteiger partial charge in [-0.15, -0.1) is 0 Å². The highest BCUT2D eigenvalue weighted by Gasteiger charge is 2.18. The van der Waals surface area contributed by atoms with E-state index in [1.54, 1.807) is 13.2 Å². The van der Waals surface area contributed by atoms with Crippen molar-refractivity contribution in [3.63, 3.8) is 0 Å². The van der Waals surface area contributed by atoms with Crippen LogP contribution in [0.5, 0.6) is 11.5 Å². The molecule has 134 valence electrons. The van der Waals surface area contributed by atoms with E-state index >= 15 is 0 Å². The second-order valence-corrected chi connectivity index (χ2v) is 6.84. The number of rotatable bonds is 8. The van der Waals surface area contributed by atoms with Gasteiger partial charge in [0.25, 0.3) is 0 Å². The van der Waals surface area contributed by atoms with Gasteiger partial charge in [0.15, 0.2) is 5.11 Å². The lowest BCUT2D eigenvalue weighted by atomic mass is 10.1. The number of anilines is 1. The largest absolute Gasteiger partial charge is 0.508 e. The lowest BCUT2D eigenvalue weighted by Gasteiger charge is -2.28. The normalized spacial score (nSPS) is 10.3. The number of nitrogens with zero attached hydrogens (tertiary/aromatic N) is 1. The molecule has 2 rings (SSSR count). The Bertz CT molecular complexity index is 695. The van der Waals surface area contributed by atoms with Crippen molar-refractivity contribution in [1.29, 1.82) is 0 Å². The average Bonchev–Trinajstić information content (AvgIpc) is 2.64. The third kappa shape index (κ3) is 5.54. The lowest BCUT2D eigenvalue weighted by molar-refractivity contribution is 0.415. The summed E-state index contributed by atoms with van der Waals surface area (Å²) in [5.74, 6) is 2.09. The van der Waals surface area contributed by atoms with Gasteiger partial charge in [0.05, 0.1) is 19.3 Å². The molecule has 2 aromatic carbocycles. The zero-order valence-electron chi connectivity index (χ0n) is 14.6. The van der Waals surface area contributed by atoms with E-state index in [4.69, 9.17) is 17.0 Å². The summed E-state index contributed by atoms with van der Waals surface area (Å²) in [6.45, 7) is 1.27. The van der Waals surface area contributed by atoms with E-state index in [1.165, 1.54) is 0 Å². The summed E-state index contributed by atoms with van der Waals surface area (Å²) in [5, 5.41) is 14.1. The summed E-state index contributed by atoms with van der Waals surface area (Å²) in [7, 11) is 1.64. The molecule has 0 aliphatic rings. The van der Waals surface area contributed by atoms with Crippen LogP contribution in [-0.2, 0) is 6.54 Å². The first kappa shape index (κ1) is 19.4. The second-order valence-electron chi connectivity index (χ2n) is 5.46. The fourth-order valence-corrected chi connectivity index (χ4v) is 3.14. The maximum absolute atomic E-state index is 10.1. The summed E-state index contributed by atoms with van der Waals surface area (Å²) in [6, 6.07) is 15.0. The van der Waals surface area contributed by atoms with Gasteiger partial charge in [0.2, 0.25) is 0 Å². The molecule has 0 spiro atoms. The first-order valence-electron chi connectivity index (χ1n) is 8.11. The van der Waals surface area contributed by atoms with Gasteiger partial charge in [-0.25, -0.2) is 0 Å². The average molecular weight is 377 g/mol. The van der Waals surface area contributed by atoms with Gasteiger partial charge in [-0.05, 0) is 48.8 Å². The molecule has 0 unspecified atom stereocenters. The maximum atomic E-state index is 10.1. The van der Waals surface area contributed by atoms with Gasteiger partial charge in [0.1, 0.15) is 11.5 Å². The number of thiocarbonyl (C=S) groups is 1. The standard InChI is InChI=1S/C19H24N2O2S2/c1-23-18-11-6-4-9-16(18)21(19(24)20-12-7-13-25-2)14-15-8-3-5-10-17(15)22/h3-6,8-11,22H,7,12-14H2,1-2H3,(H,20,24). The van der Waals surface area contributed by atoms with Crippen LogP contribution in [0.25, 0.3) is 0 Å². The number of para-hydroxylation sites is 3. The molecule has 0 amide bonds. The maximum Gasteiger partial charge on any atom is 0.173 e. The number of phenolic OH excluding ortho intramolecular Hbond substituents is 1. The minimum Gasteiger partial charge on any atom is -0.508 e. The van der Waals surface area contributed by atoms with Crippen molar-refractivity contribution < 1.29 is 9.84 Å². The smallest absolute Gasteiger partial charge is 0.173 e. The van der Waals surface area contributed by atoms with Crippen molar-refractivity contribution in [2.75, 3.05) is 30.6 Å². The first-order valence-corrected chi connectivity index (χ1v) is 9.91. The third-order valence-corrected chi connectivity index (χ3v) is 4.80. The summed E-state index contributed by atoms with van der Waals surface area (Å²) in [5.41, 5.74) is 1.68. The van der Waals surface area contributed by atoms with Crippen LogP contribution in [-0.4, -0.2) is 35.9 Å². The number of thioether (sulfide) groups is 1. The second kappa shape index (κ2) is 10.2. The van der Waals surface area contributed by atoms with Crippen molar-refractivity contribution in [1.82, 2.24) is 5.32 Å². The highest BCUT2D eigenvalue weighted by molar-refractivity contribution is 7.98. The van der Waals surface area contributed by atoms with Gasteiger partial charge in [-0.2, -0.15) is 11.8 Å². The molecule has 0 fully saturated rings. The summed E-state index contributed by atoms with van der Waals surface area (Å²) < 4.78 is 5.49. The van der Waals surface area contributed by atoms with Crippen molar-refractivity contribution in [3.05, 3.63) is 54.1 Å². The minimum atomic E-state index is 0.257. The lowest BCUT2D eigenvalue weighted by Crippen LogP contribution is -2.40. The monoisotopic (exact) mass is 376 g/mol. The van der Waals surface area contributed by atoms with E-state index in [2.05, 4.69) is 11.6 Å². The van der Waals surface area contributed by atoms with Crippen LogP contribution in [0, 0.1) is 0 Å². The van der Waals surface area contributed by atoms with Crippen molar-refractivity contribution in [3.8, 4) is 11.5 Å². The number of hydrogen-bond acceptors (Lipinski definition) is 4. The van der Waals surface area contributed by atoms with Crippen molar-refractivity contribution >= 4 is 34.8 Å².